The fourth-order valence-corrected chi connectivity index (χ4v) is 14.6. The molecule has 0 bridgehead atoms. The van der Waals surface area contributed by atoms with Gasteiger partial charge in [-0.25, -0.2) is 8.78 Å². The van der Waals surface area contributed by atoms with Crippen LogP contribution in [0.15, 0.2) is 183 Å². The van der Waals surface area contributed by atoms with Crippen LogP contribution in [0, 0.1) is 46.1 Å². The van der Waals surface area contributed by atoms with E-state index in [0.29, 0.717) is 23.7 Å². The van der Waals surface area contributed by atoms with Gasteiger partial charge in [0.2, 0.25) is 0 Å². The summed E-state index contributed by atoms with van der Waals surface area (Å²) in [5, 5.41) is 48.0. The topological polar surface area (TPSA) is 178 Å². The summed E-state index contributed by atoms with van der Waals surface area (Å²) >= 11 is 12.3. The number of ether oxygens (including phenoxy) is 2. The third-order valence-corrected chi connectivity index (χ3v) is 19.4. The van der Waals surface area contributed by atoms with Gasteiger partial charge in [-0.3, -0.25) is 0 Å². The molecule has 12 nitrogen and oxygen atoms in total. The third kappa shape index (κ3) is 23.8. The molecule has 0 spiro atoms. The van der Waals surface area contributed by atoms with E-state index in [1.807, 2.05) is 36.4 Å². The summed E-state index contributed by atoms with van der Waals surface area (Å²) in [5.74, 6) is 0.769. The second-order valence-electron chi connectivity index (χ2n) is 27.5. The quantitative estimate of drug-likeness (QED) is 0.0837. The van der Waals surface area contributed by atoms with Crippen LogP contribution in [0.25, 0.3) is 11.1 Å². The Morgan fingerprint density at radius 2 is 1.00 bits per heavy atom. The number of rotatable bonds is 8. The van der Waals surface area contributed by atoms with E-state index in [1.54, 1.807) is 26.4 Å². The molecular weight excluding hydrogens is 1570 g/mol. The van der Waals surface area contributed by atoms with E-state index in [9.17, 15) is 8.78 Å². The number of methoxy groups -OCH3 is 2. The minimum atomic E-state index is -1.74. The van der Waals surface area contributed by atoms with Crippen LogP contribution in [0.5, 0.6) is 11.5 Å². The van der Waals surface area contributed by atoms with Crippen molar-refractivity contribution < 1.29 is 80.5 Å². The SMILES string of the molecule is C.CC1CC(C)(C)c2cc(-c3cc(F)cc(C#N)c3)ccc2N1.CC1CC(C)(C)c2cc(Br)ccc2N1.COc1ccc(CN2C(C)=CC(C)(C)c3cc(Br)ccc32)cc1.COc1ccc(CN2c3ccc(Br)cc3C(C)(C)CC2C)cc1.N#Cc1cc(F)cc(B(O)O)c1.[B].[C-]#N.[Na+].[O]=[Pd]. The van der Waals surface area contributed by atoms with Crippen LogP contribution in [-0.2, 0) is 57.4 Å². The number of nitrogens with one attached hydrogen (secondary N) is 2. The molecule has 0 saturated heterocycles. The summed E-state index contributed by atoms with van der Waals surface area (Å²) < 4.78 is 48.3. The summed E-state index contributed by atoms with van der Waals surface area (Å²) in [5.41, 5.74) is 17.1. The van der Waals surface area contributed by atoms with Crippen molar-refractivity contribution >= 4 is 91.5 Å². The Kier molecular flexibility index (Phi) is 34.7. The standard InChI is InChI=1S/C20H24BrNO.C20H22BrNO.C19H19FN2.C12H16BrN.C7H5BFNO2.CN.CH4.B.Na.O.Pd/c2*1-14-12-20(2,3)18-11-16(21)7-10-19(18)22(14)13-15-5-8-17(23-4)9-6-15;1-12-10-19(2,3)17-9-14(4-5-18(17)22-12)15-6-13(11-21)7-16(20)8-15;1-8-7-12(2,3)10-6-9(13)4-5-11(10)14-8;9-7-2-5(4-10)1-6(3-7)8(11)12;1-2;;;;;/h5-11,14H,12-13H2,1-4H3;5-12H,13H2,1-4H3;4-9,12,22H,10H2,1-3H3;4-6,8,14H,7H2,1-3H3;1-3,11-12H;;1H4;;;;/q;;;;;-1;;;+1;;. The molecule has 0 aromatic heterocycles. The first-order chi connectivity index (χ1) is 46.3. The number of nitriles is 2. The number of hydrogen-bond acceptors (Lipinski definition) is 12. The molecule has 527 valence electrons. The summed E-state index contributed by atoms with van der Waals surface area (Å²) in [6.07, 6.45) is 5.75. The second-order valence-corrected chi connectivity index (χ2v) is 30.2. The van der Waals surface area contributed by atoms with Gasteiger partial charge in [0.25, 0.3) is 0 Å². The number of benzene rings is 8. The minimum absolute atomic E-state index is 0. The zero-order valence-corrected chi connectivity index (χ0v) is 67.9. The molecule has 0 amide bonds. The molecule has 8 aromatic carbocycles. The molecule has 8 aromatic rings. The van der Waals surface area contributed by atoms with Gasteiger partial charge in [-0.05, 0) is 241 Å². The maximum absolute atomic E-state index is 13.7. The Balaban J connectivity index is 0.000000328. The monoisotopic (exact) mass is 1650 g/mol. The number of nitrogens with zero attached hydrogens (tertiary/aromatic N) is 5. The van der Waals surface area contributed by atoms with Crippen molar-refractivity contribution in [2.24, 2.45) is 0 Å². The van der Waals surface area contributed by atoms with Crippen molar-refractivity contribution in [3.05, 3.63) is 246 Å². The maximum atomic E-state index is 13.7. The molecule has 4 aliphatic heterocycles. The van der Waals surface area contributed by atoms with E-state index in [4.69, 9.17) is 45.3 Å². The molecule has 21 heteroatoms. The average molecular weight is 1660 g/mol. The van der Waals surface area contributed by atoms with Crippen molar-refractivity contribution in [3.63, 3.8) is 0 Å². The normalized spacial score (nSPS) is 16.6. The number of fused-ring (bicyclic) bond motifs is 4. The van der Waals surface area contributed by atoms with Gasteiger partial charge in [-0.15, -0.1) is 0 Å². The summed E-state index contributed by atoms with van der Waals surface area (Å²) in [6, 6.07) is 55.5. The van der Waals surface area contributed by atoms with E-state index in [-0.39, 0.29) is 83.9 Å². The Hall–Kier alpha value is -6.42. The molecule has 0 saturated carbocycles. The fourth-order valence-electron chi connectivity index (χ4n) is 13.6. The third-order valence-electron chi connectivity index (χ3n) is 17.9. The van der Waals surface area contributed by atoms with E-state index in [0.717, 1.165) is 75.3 Å². The fraction of sp³-hybridized carbons (Fsp3) is 0.338. The number of halogens is 5. The molecule has 101 heavy (non-hydrogen) atoms. The molecule has 12 rings (SSSR count). The van der Waals surface area contributed by atoms with Crippen molar-refractivity contribution in [2.75, 3.05) is 34.7 Å². The van der Waals surface area contributed by atoms with Crippen molar-refractivity contribution in [2.45, 2.75) is 163 Å². The van der Waals surface area contributed by atoms with E-state index < -0.39 is 12.9 Å². The zero-order valence-electron chi connectivity index (χ0n) is 59.6. The second kappa shape index (κ2) is 39.5. The van der Waals surface area contributed by atoms with Crippen LogP contribution in [-0.4, -0.2) is 57.9 Å². The predicted octanol–water partition coefficient (Wildman–Crippen LogP) is 16.6. The molecule has 4 aliphatic rings. The summed E-state index contributed by atoms with van der Waals surface area (Å²) in [7, 11) is 1.66. The summed E-state index contributed by atoms with van der Waals surface area (Å²) in [4.78, 5) is 4.91. The number of hydrogen-bond donors (Lipinski definition) is 4. The van der Waals surface area contributed by atoms with Gasteiger partial charge < -0.3 is 51.8 Å². The van der Waals surface area contributed by atoms with Crippen LogP contribution < -0.4 is 64.9 Å². The van der Waals surface area contributed by atoms with Crippen molar-refractivity contribution in [1.82, 2.24) is 0 Å². The molecule has 3 radical (unpaired) electrons. The summed E-state index contributed by atoms with van der Waals surface area (Å²) in [6.45, 7) is 33.8. The first-order valence-corrected chi connectivity index (χ1v) is 35.0. The predicted molar refractivity (Wildman–Crippen MR) is 412 cm³/mol. The first-order valence-electron chi connectivity index (χ1n) is 32.0. The zero-order chi connectivity index (χ0) is 72.6. The van der Waals surface area contributed by atoms with E-state index in [2.05, 4.69) is 248 Å². The van der Waals surface area contributed by atoms with Gasteiger partial charge >= 0.3 is 59.3 Å². The van der Waals surface area contributed by atoms with Gasteiger partial charge in [0, 0.05) is 86.9 Å². The van der Waals surface area contributed by atoms with Crippen molar-refractivity contribution in [3.8, 4) is 34.8 Å². The van der Waals surface area contributed by atoms with Gasteiger partial charge in [0.1, 0.15) is 23.1 Å². The Labute approximate surface area is 659 Å². The molecule has 0 aliphatic carbocycles. The molecule has 4 N–H and O–H groups in total. The molecule has 3 atom stereocenters. The van der Waals surface area contributed by atoms with Gasteiger partial charge in [0.05, 0.1) is 37.5 Å². The molecular formula is C80H90B2Br3F2N7NaO5Pd. The van der Waals surface area contributed by atoms with Gasteiger partial charge in [0.15, 0.2) is 0 Å². The van der Waals surface area contributed by atoms with Crippen LogP contribution >= 0.6 is 47.8 Å². The van der Waals surface area contributed by atoms with E-state index in [1.165, 1.54) is 104 Å². The van der Waals surface area contributed by atoms with Crippen LogP contribution in [0.4, 0.5) is 31.5 Å². The van der Waals surface area contributed by atoms with Crippen molar-refractivity contribution in [1.29, 1.82) is 15.8 Å². The van der Waals surface area contributed by atoms with Gasteiger partial charge in [-0.1, -0.05) is 147 Å². The first kappa shape index (κ1) is 88.8. The Morgan fingerprint density at radius 1 is 0.574 bits per heavy atom. The molecule has 4 heterocycles. The van der Waals surface area contributed by atoms with Gasteiger partial charge in [-0.2, -0.15) is 10.5 Å². The van der Waals surface area contributed by atoms with E-state index >= 15 is 0 Å². The number of allylic oxidation sites excluding steroid dienone is 2. The van der Waals surface area contributed by atoms with Crippen LogP contribution in [0.3, 0.4) is 0 Å². The van der Waals surface area contributed by atoms with Crippen LogP contribution in [0.1, 0.15) is 154 Å². The Morgan fingerprint density at radius 3 is 1.50 bits per heavy atom. The Bertz CT molecular complexity index is 4210. The molecule has 3 unspecified atom stereocenters. The van der Waals surface area contributed by atoms with Crippen LogP contribution in [0.2, 0.25) is 0 Å². The number of anilines is 4. The average Bonchev–Trinajstić information content (AvgIpc) is 0.725. The molecule has 0 fully saturated rings.